The quantitative estimate of drug-likeness (QED) is 0.473. The minimum atomic E-state index is -0.276. The first-order valence-corrected chi connectivity index (χ1v) is 12.6. The fourth-order valence-corrected chi connectivity index (χ4v) is 6.01. The van der Waals surface area contributed by atoms with Crippen LogP contribution in [0.1, 0.15) is 40.0 Å². The summed E-state index contributed by atoms with van der Waals surface area (Å²) in [5.41, 5.74) is 8.11. The third kappa shape index (κ3) is 4.36. The smallest absolute Gasteiger partial charge is 0.339 e. The van der Waals surface area contributed by atoms with E-state index in [4.69, 9.17) is 4.74 Å². The summed E-state index contributed by atoms with van der Waals surface area (Å²) in [6.45, 7) is 8.54. The van der Waals surface area contributed by atoms with Gasteiger partial charge in [-0.15, -0.1) is 0 Å². The van der Waals surface area contributed by atoms with Gasteiger partial charge >= 0.3 is 5.97 Å². The van der Waals surface area contributed by atoms with E-state index in [0.717, 1.165) is 38.3 Å². The Balaban J connectivity index is 1.38. The van der Waals surface area contributed by atoms with Gasteiger partial charge in [0.1, 0.15) is 0 Å². The van der Waals surface area contributed by atoms with Gasteiger partial charge in [0.15, 0.2) is 0 Å². The van der Waals surface area contributed by atoms with E-state index in [9.17, 15) is 4.79 Å². The molecule has 1 saturated heterocycles. The second kappa shape index (κ2) is 9.65. The molecule has 0 aliphatic carbocycles. The monoisotopic (exact) mass is 469 g/mol. The molecule has 2 atom stereocenters. The number of ether oxygens (including phenoxy) is 1. The van der Waals surface area contributed by atoms with E-state index >= 15 is 0 Å². The van der Waals surface area contributed by atoms with Gasteiger partial charge in [0.05, 0.1) is 24.4 Å². The Morgan fingerprint density at radius 3 is 2.37 bits per heavy atom. The van der Waals surface area contributed by atoms with E-state index in [1.54, 1.807) is 0 Å². The molecule has 35 heavy (non-hydrogen) atoms. The summed E-state index contributed by atoms with van der Waals surface area (Å²) < 4.78 is 5.09. The molecule has 1 fully saturated rings. The maximum Gasteiger partial charge on any atom is 0.339 e. The summed E-state index contributed by atoms with van der Waals surface area (Å²) in [6, 6.07) is 23.8. The maximum absolute atomic E-state index is 12.5. The lowest BCUT2D eigenvalue weighted by atomic mass is 9.82. The van der Waals surface area contributed by atoms with Crippen molar-refractivity contribution in [2.45, 2.75) is 26.3 Å². The summed E-state index contributed by atoms with van der Waals surface area (Å²) in [5, 5.41) is 0. The van der Waals surface area contributed by atoms with Gasteiger partial charge in [0, 0.05) is 44.6 Å². The summed E-state index contributed by atoms with van der Waals surface area (Å²) in [5.74, 6) is 0.149. The van der Waals surface area contributed by atoms with Crippen molar-refractivity contribution in [3.05, 3.63) is 89.0 Å². The van der Waals surface area contributed by atoms with Crippen molar-refractivity contribution in [1.82, 2.24) is 0 Å². The number of anilines is 3. The molecule has 0 aromatic heterocycles. The van der Waals surface area contributed by atoms with Gasteiger partial charge < -0.3 is 19.4 Å². The zero-order valence-corrected chi connectivity index (χ0v) is 21.2. The number of esters is 1. The maximum atomic E-state index is 12.5. The third-order valence-electron chi connectivity index (χ3n) is 7.69. The normalized spacial score (nSPS) is 19.9. The van der Waals surface area contributed by atoms with Gasteiger partial charge in [-0.3, -0.25) is 0 Å². The van der Waals surface area contributed by atoms with E-state index in [1.807, 2.05) is 12.1 Å². The van der Waals surface area contributed by atoms with Gasteiger partial charge in [-0.25, -0.2) is 4.79 Å². The van der Waals surface area contributed by atoms with Gasteiger partial charge in [-0.2, -0.15) is 0 Å². The van der Waals surface area contributed by atoms with Crippen LogP contribution in [0.4, 0.5) is 17.1 Å². The van der Waals surface area contributed by atoms with E-state index in [-0.39, 0.29) is 12.0 Å². The highest BCUT2D eigenvalue weighted by molar-refractivity contribution is 5.97. The predicted molar refractivity (Wildman–Crippen MR) is 144 cm³/mol. The highest BCUT2D eigenvalue weighted by atomic mass is 16.5. The molecule has 182 valence electrons. The van der Waals surface area contributed by atoms with Gasteiger partial charge in [0.2, 0.25) is 0 Å². The lowest BCUT2D eigenvalue weighted by Gasteiger charge is -2.42. The Morgan fingerprint density at radius 2 is 1.63 bits per heavy atom. The van der Waals surface area contributed by atoms with Gasteiger partial charge in [-0.05, 0) is 60.2 Å². The van der Waals surface area contributed by atoms with Crippen molar-refractivity contribution < 1.29 is 9.53 Å². The third-order valence-corrected chi connectivity index (χ3v) is 7.69. The first kappa shape index (κ1) is 23.3. The molecular weight excluding hydrogens is 434 g/mol. The molecule has 2 heterocycles. The number of para-hydroxylation sites is 2. The second-order valence-corrected chi connectivity index (χ2v) is 9.90. The highest BCUT2D eigenvalue weighted by Gasteiger charge is 2.34. The molecule has 2 aliphatic rings. The van der Waals surface area contributed by atoms with Crippen LogP contribution in [0.2, 0.25) is 0 Å². The fraction of sp³-hybridized carbons (Fsp3) is 0.367. The summed E-state index contributed by atoms with van der Waals surface area (Å²) in [4.78, 5) is 19.8. The molecule has 0 N–H and O–H groups in total. The van der Waals surface area contributed by atoms with Crippen molar-refractivity contribution in [2.75, 3.05) is 55.0 Å². The number of benzene rings is 3. The average molecular weight is 470 g/mol. The number of carbonyl (C=O) groups is 1. The Kier molecular flexibility index (Phi) is 6.42. The minimum absolute atomic E-state index is 0.196. The van der Waals surface area contributed by atoms with Crippen molar-refractivity contribution >= 4 is 23.0 Å². The van der Waals surface area contributed by atoms with Crippen LogP contribution >= 0.6 is 0 Å². The van der Waals surface area contributed by atoms with Crippen molar-refractivity contribution in [3.63, 3.8) is 0 Å². The summed E-state index contributed by atoms with van der Waals surface area (Å²) >= 11 is 0. The number of nitrogens with zero attached hydrogens (tertiary/aromatic N) is 3. The van der Waals surface area contributed by atoms with Crippen LogP contribution in [0.25, 0.3) is 0 Å². The fourth-order valence-electron chi connectivity index (χ4n) is 6.01. The van der Waals surface area contributed by atoms with Gasteiger partial charge in [-0.1, -0.05) is 49.4 Å². The number of fused-ring (bicyclic) bond motifs is 1. The highest BCUT2D eigenvalue weighted by Crippen LogP contribution is 2.43. The predicted octanol–water partition coefficient (Wildman–Crippen LogP) is 5.48. The zero-order chi connectivity index (χ0) is 24.5. The standard InChI is InChI=1S/C30H35N3O2/c1-21-9-5-6-14-27(21)33-17-15-32(16-18-33)25-12-7-10-24(20-25)28-22(2)19-23-11-8-13-26(30(34)35-4)29(23)31(28)3/h5-14,20,22,28H,15-19H2,1-4H3. The first-order chi connectivity index (χ1) is 17.0. The summed E-state index contributed by atoms with van der Waals surface area (Å²) in [6.07, 6.45) is 0.939. The Morgan fingerprint density at radius 1 is 0.914 bits per heavy atom. The molecule has 0 radical (unpaired) electrons. The SMILES string of the molecule is COC(=O)c1cccc2c1N(C)C(c1cccc(N3CCN(c4ccccc4C)CC3)c1)C(C)C2. The molecule has 3 aromatic carbocycles. The van der Waals surface area contributed by atoms with Crippen LogP contribution in [0.3, 0.4) is 0 Å². The topological polar surface area (TPSA) is 36.0 Å². The minimum Gasteiger partial charge on any atom is -0.465 e. The molecule has 2 unspecified atom stereocenters. The molecule has 5 nitrogen and oxygen atoms in total. The second-order valence-electron chi connectivity index (χ2n) is 9.90. The van der Waals surface area contributed by atoms with Gasteiger partial charge in [0.25, 0.3) is 0 Å². The van der Waals surface area contributed by atoms with E-state index in [0.29, 0.717) is 11.5 Å². The lowest BCUT2D eigenvalue weighted by molar-refractivity contribution is 0.0601. The van der Waals surface area contributed by atoms with Crippen LogP contribution in [0.15, 0.2) is 66.7 Å². The lowest BCUT2D eigenvalue weighted by Crippen LogP contribution is -2.46. The van der Waals surface area contributed by atoms with E-state index < -0.39 is 0 Å². The number of hydrogen-bond acceptors (Lipinski definition) is 5. The van der Waals surface area contributed by atoms with Crippen LogP contribution in [0.5, 0.6) is 0 Å². The number of aryl methyl sites for hydroxylation is 1. The van der Waals surface area contributed by atoms with Crippen LogP contribution in [0, 0.1) is 12.8 Å². The van der Waals surface area contributed by atoms with Crippen LogP contribution < -0.4 is 14.7 Å². The molecular formula is C30H35N3O2. The average Bonchev–Trinajstić information content (AvgIpc) is 2.88. The number of methoxy groups -OCH3 is 1. The molecule has 0 bridgehead atoms. The molecule has 5 heteroatoms. The van der Waals surface area contributed by atoms with Crippen molar-refractivity contribution in [3.8, 4) is 0 Å². The number of carbonyl (C=O) groups excluding carboxylic acids is 1. The number of piperazine rings is 1. The van der Waals surface area contributed by atoms with Crippen molar-refractivity contribution in [2.24, 2.45) is 5.92 Å². The van der Waals surface area contributed by atoms with E-state index in [1.165, 1.54) is 35.2 Å². The Hall–Kier alpha value is -3.47. The molecule has 5 rings (SSSR count). The number of rotatable bonds is 4. The molecule has 0 amide bonds. The molecule has 0 spiro atoms. The summed E-state index contributed by atoms with van der Waals surface area (Å²) in [7, 11) is 3.56. The van der Waals surface area contributed by atoms with Crippen LogP contribution in [-0.4, -0.2) is 46.3 Å². The molecule has 3 aromatic rings. The van der Waals surface area contributed by atoms with E-state index in [2.05, 4.69) is 90.2 Å². The number of hydrogen-bond donors (Lipinski definition) is 0. The Labute approximate surface area is 208 Å². The zero-order valence-electron chi connectivity index (χ0n) is 21.2. The Bertz CT molecular complexity index is 1220. The molecule has 2 aliphatic heterocycles. The van der Waals surface area contributed by atoms with Crippen molar-refractivity contribution in [1.29, 1.82) is 0 Å². The van der Waals surface area contributed by atoms with Crippen LogP contribution in [-0.2, 0) is 11.2 Å². The largest absolute Gasteiger partial charge is 0.465 e. The first-order valence-electron chi connectivity index (χ1n) is 12.6. The molecule has 0 saturated carbocycles.